The molecule has 0 bridgehead atoms. The van der Waals surface area contributed by atoms with Crippen LogP contribution in [0.3, 0.4) is 0 Å². The lowest BCUT2D eigenvalue weighted by Gasteiger charge is -2.34. The maximum absolute atomic E-state index is 2.63. The van der Waals surface area contributed by atoms with Crippen molar-refractivity contribution < 1.29 is 0 Å². The Balaban J connectivity index is 0.710. The molecule has 2 heterocycles. The summed E-state index contributed by atoms with van der Waals surface area (Å²) in [4.78, 5) is 5.22. The molecule has 0 N–H and O–H groups in total. The Hall–Kier alpha value is -12.4. The SMILES string of the molecule is CC1(C)c2ccccc2-c2c(-c3ccccc3N(c3ccc4c(c3)-c3ccccc3C4(C)c3ccc4c(c3)sc3cccc(-c5ccccc5N(c5ccccc5-c5cccc6c5-c5ccccc5C6(C)C)c5cccc6c5C(C)(C)c5ccccc5-6)c34)c3ccccc3-c3cccc4sc5ccccc5c34)cccc21. The molecule has 0 fully saturated rings. The van der Waals surface area contributed by atoms with Crippen molar-refractivity contribution in [1.29, 1.82) is 0 Å². The zero-order valence-corrected chi connectivity index (χ0v) is 64.8. The van der Waals surface area contributed by atoms with Gasteiger partial charge in [-0.1, -0.05) is 321 Å². The van der Waals surface area contributed by atoms with Crippen LogP contribution in [0, 0.1) is 0 Å². The standard InChI is InChI=1S/C107H78N2S2/c1-104(2)84-46-18-10-37-78(84)99-73(40-26-49-88(99)104)69-33-12-21-51-90(69)108(91-52-22-13-35-71(91)75-42-29-57-96-101(75)80-39-16-25-56-95(80)110-96)66-60-62-87-82(64-66)68-32-9-20-48-86(68)107(87,7)65-59-61-81-98(63-65)111-97-58-30-43-76(102(81)97)72-36-15-24-54-93(72)109(94-55-28-44-77-67-31-8-17-45-83(67)106(5,6)103(77)94)92-53-23-14-34-70(92)74-41-27-50-89-100(74)79-38-11-19-47-85(79)105(89,3)4/h8-64H,1-7H3. The largest absolute Gasteiger partial charge is 0.309 e. The number of benzene rings is 16. The van der Waals surface area contributed by atoms with Crippen LogP contribution in [0.25, 0.3) is 129 Å². The first-order valence-corrected chi connectivity index (χ1v) is 40.7. The van der Waals surface area contributed by atoms with Crippen molar-refractivity contribution in [3.8, 4) is 89.0 Å². The smallest absolute Gasteiger partial charge is 0.0540 e. The van der Waals surface area contributed by atoms with E-state index in [1.54, 1.807) is 0 Å². The molecule has 111 heavy (non-hydrogen) atoms. The van der Waals surface area contributed by atoms with Gasteiger partial charge in [0.1, 0.15) is 0 Å². The fourth-order valence-corrected chi connectivity index (χ4v) is 23.0. The van der Waals surface area contributed by atoms with Crippen LogP contribution in [0.1, 0.15) is 98.5 Å². The molecule has 0 saturated carbocycles. The van der Waals surface area contributed by atoms with Crippen molar-refractivity contribution in [3.05, 3.63) is 396 Å². The third kappa shape index (κ3) is 9.36. The van der Waals surface area contributed by atoms with E-state index in [0.29, 0.717) is 0 Å². The summed E-state index contributed by atoms with van der Waals surface area (Å²) in [7, 11) is 0. The molecule has 0 spiro atoms. The topological polar surface area (TPSA) is 6.48 Å². The lowest BCUT2D eigenvalue weighted by atomic mass is 9.74. The molecule has 4 aliphatic carbocycles. The summed E-state index contributed by atoms with van der Waals surface area (Å²) in [5, 5.41) is 5.11. The van der Waals surface area contributed by atoms with Gasteiger partial charge in [-0.2, -0.15) is 0 Å². The molecule has 1 atom stereocenters. The third-order valence-electron chi connectivity index (χ3n) is 25.8. The van der Waals surface area contributed by atoms with Crippen LogP contribution in [-0.4, -0.2) is 0 Å². The Bertz CT molecular complexity index is 6990. The summed E-state index contributed by atoms with van der Waals surface area (Å²) in [5.41, 5.74) is 37.7. The van der Waals surface area contributed by atoms with E-state index in [2.05, 4.69) is 404 Å². The van der Waals surface area contributed by atoms with Crippen molar-refractivity contribution in [1.82, 2.24) is 0 Å². The van der Waals surface area contributed by atoms with E-state index in [4.69, 9.17) is 0 Å². The van der Waals surface area contributed by atoms with E-state index in [1.165, 1.54) is 185 Å². The number of para-hydroxylation sites is 4. The summed E-state index contributed by atoms with van der Waals surface area (Å²) in [5.74, 6) is 0. The Kier molecular flexibility index (Phi) is 14.4. The minimum absolute atomic E-state index is 0.157. The predicted octanol–water partition coefficient (Wildman–Crippen LogP) is 30.3. The number of rotatable bonds is 11. The van der Waals surface area contributed by atoms with Crippen molar-refractivity contribution >= 4 is 97.1 Å². The highest BCUT2D eigenvalue weighted by Crippen LogP contribution is 2.62. The van der Waals surface area contributed by atoms with E-state index in [-0.39, 0.29) is 16.2 Å². The molecule has 16 aromatic carbocycles. The van der Waals surface area contributed by atoms with E-state index < -0.39 is 5.41 Å². The van der Waals surface area contributed by atoms with Gasteiger partial charge in [-0.3, -0.25) is 0 Å². The van der Waals surface area contributed by atoms with E-state index in [9.17, 15) is 0 Å². The molecule has 4 aliphatic rings. The minimum Gasteiger partial charge on any atom is -0.309 e. The van der Waals surface area contributed by atoms with Gasteiger partial charge in [-0.15, -0.1) is 22.7 Å². The molecule has 22 rings (SSSR count). The third-order valence-corrected chi connectivity index (χ3v) is 28.0. The van der Waals surface area contributed by atoms with Gasteiger partial charge in [0, 0.05) is 89.9 Å². The summed E-state index contributed by atoms with van der Waals surface area (Å²) < 4.78 is 5.11. The Morgan fingerprint density at radius 1 is 0.216 bits per heavy atom. The molecule has 0 amide bonds. The molecule has 528 valence electrons. The number of hydrogen-bond acceptors (Lipinski definition) is 4. The second-order valence-corrected chi connectivity index (χ2v) is 34.7. The minimum atomic E-state index is -0.501. The van der Waals surface area contributed by atoms with Gasteiger partial charge < -0.3 is 9.80 Å². The van der Waals surface area contributed by atoms with Crippen LogP contribution in [0.4, 0.5) is 34.1 Å². The maximum Gasteiger partial charge on any atom is 0.0540 e. The molecule has 0 aliphatic heterocycles. The van der Waals surface area contributed by atoms with Gasteiger partial charge in [0.15, 0.2) is 0 Å². The maximum atomic E-state index is 2.63. The summed E-state index contributed by atoms with van der Waals surface area (Å²) >= 11 is 3.79. The van der Waals surface area contributed by atoms with Crippen LogP contribution in [-0.2, 0) is 21.7 Å². The Labute approximate surface area is 657 Å². The van der Waals surface area contributed by atoms with Crippen LogP contribution >= 0.6 is 22.7 Å². The predicted molar refractivity (Wildman–Crippen MR) is 473 cm³/mol. The average molecular weight is 1460 g/mol. The van der Waals surface area contributed by atoms with Crippen LogP contribution in [0.5, 0.6) is 0 Å². The number of fused-ring (bicyclic) bond motifs is 18. The fourth-order valence-electron chi connectivity index (χ4n) is 20.6. The Morgan fingerprint density at radius 2 is 0.577 bits per heavy atom. The van der Waals surface area contributed by atoms with Gasteiger partial charge >= 0.3 is 0 Å². The molecule has 18 aromatic rings. The molecule has 2 nitrogen and oxygen atoms in total. The summed E-state index contributed by atoms with van der Waals surface area (Å²) in [6.45, 7) is 16.9. The van der Waals surface area contributed by atoms with Crippen LogP contribution in [0.2, 0.25) is 0 Å². The zero-order valence-electron chi connectivity index (χ0n) is 63.1. The van der Waals surface area contributed by atoms with Gasteiger partial charge in [0.2, 0.25) is 0 Å². The fraction of sp³-hybridized carbons (Fsp3) is 0.103. The monoisotopic (exact) mass is 1450 g/mol. The Morgan fingerprint density at radius 3 is 1.14 bits per heavy atom. The summed E-state index contributed by atoms with van der Waals surface area (Å²) in [6.07, 6.45) is 0. The second kappa shape index (κ2) is 24.3. The zero-order chi connectivity index (χ0) is 74.4. The first-order valence-electron chi connectivity index (χ1n) is 39.1. The van der Waals surface area contributed by atoms with E-state index in [1.807, 2.05) is 22.7 Å². The van der Waals surface area contributed by atoms with E-state index >= 15 is 0 Å². The van der Waals surface area contributed by atoms with E-state index in [0.717, 1.165) is 28.4 Å². The number of hydrogen-bond donors (Lipinski definition) is 0. The highest BCUT2D eigenvalue weighted by atomic mass is 32.1. The van der Waals surface area contributed by atoms with Crippen molar-refractivity contribution in [2.45, 2.75) is 70.1 Å². The first-order chi connectivity index (χ1) is 54.3. The van der Waals surface area contributed by atoms with Crippen molar-refractivity contribution in [2.75, 3.05) is 9.80 Å². The highest BCUT2D eigenvalue weighted by Gasteiger charge is 2.45. The van der Waals surface area contributed by atoms with Crippen LogP contribution in [0.15, 0.2) is 346 Å². The quantitative estimate of drug-likeness (QED) is 0.127. The molecule has 0 saturated heterocycles. The lowest BCUT2D eigenvalue weighted by molar-refractivity contribution is 0.660. The average Bonchev–Trinajstić information content (AvgIpc) is 1.58. The molecule has 0 radical (unpaired) electrons. The second-order valence-electron chi connectivity index (χ2n) is 32.6. The highest BCUT2D eigenvalue weighted by molar-refractivity contribution is 7.26. The lowest BCUT2D eigenvalue weighted by Crippen LogP contribution is -2.22. The first kappa shape index (κ1) is 65.6. The normalized spacial score (nSPS) is 15.4. The number of thiophene rings is 2. The molecule has 2 aromatic heterocycles. The molecule has 4 heteroatoms. The van der Waals surface area contributed by atoms with Gasteiger partial charge in [0.05, 0.1) is 28.4 Å². The van der Waals surface area contributed by atoms with Crippen molar-refractivity contribution in [3.63, 3.8) is 0 Å². The molecular formula is C107H78N2S2. The van der Waals surface area contributed by atoms with Gasteiger partial charge in [-0.05, 0) is 190 Å². The van der Waals surface area contributed by atoms with Gasteiger partial charge in [-0.25, -0.2) is 0 Å². The molecular weight excluding hydrogens is 1380 g/mol. The number of anilines is 6. The van der Waals surface area contributed by atoms with Crippen molar-refractivity contribution in [2.24, 2.45) is 0 Å². The van der Waals surface area contributed by atoms with Gasteiger partial charge in [0.25, 0.3) is 0 Å². The van der Waals surface area contributed by atoms with Crippen LogP contribution < -0.4 is 9.80 Å². The summed E-state index contributed by atoms with van der Waals surface area (Å²) in [6, 6.07) is 132. The number of nitrogens with zero attached hydrogens (tertiary/aromatic N) is 2. The molecule has 1 unspecified atom stereocenters.